The summed E-state index contributed by atoms with van der Waals surface area (Å²) >= 11 is 0. The van der Waals surface area contributed by atoms with Crippen LogP contribution in [0.1, 0.15) is 18.1 Å². The van der Waals surface area contributed by atoms with Crippen molar-refractivity contribution in [3.63, 3.8) is 0 Å². The van der Waals surface area contributed by atoms with Crippen molar-refractivity contribution in [2.24, 2.45) is 10.7 Å². The zero-order valence-corrected chi connectivity index (χ0v) is 14.7. The molecule has 1 aromatic heterocycles. The maximum absolute atomic E-state index is 5.89. The summed E-state index contributed by atoms with van der Waals surface area (Å²) in [6, 6.07) is 7.49. The van der Waals surface area contributed by atoms with E-state index in [1.165, 1.54) is 0 Å². The van der Waals surface area contributed by atoms with E-state index in [2.05, 4.69) is 25.1 Å². The highest BCUT2D eigenvalue weighted by Crippen LogP contribution is 2.16. The van der Waals surface area contributed by atoms with Crippen molar-refractivity contribution in [3.05, 3.63) is 35.9 Å². The van der Waals surface area contributed by atoms with Crippen LogP contribution in [0.5, 0.6) is 5.75 Å². The summed E-state index contributed by atoms with van der Waals surface area (Å²) in [6.45, 7) is 1.40. The highest BCUT2D eigenvalue weighted by molar-refractivity contribution is 14.0. The van der Waals surface area contributed by atoms with Crippen molar-refractivity contribution in [1.82, 2.24) is 14.8 Å². The number of benzene rings is 1. The number of fused-ring (bicyclic) bond motifs is 1. The SMILES string of the molecule is COc1ccc(NC(N)=NCc2nnc3n2CCC3)cc1.I. The Morgan fingerprint density at radius 3 is 2.86 bits per heavy atom. The normalized spacial score (nSPS) is 13.4. The largest absolute Gasteiger partial charge is 0.497 e. The smallest absolute Gasteiger partial charge is 0.193 e. The molecular formula is C14H19IN6O. The van der Waals surface area contributed by atoms with Crippen molar-refractivity contribution in [2.45, 2.75) is 25.9 Å². The zero-order chi connectivity index (χ0) is 14.7. The molecule has 1 aromatic carbocycles. The van der Waals surface area contributed by atoms with E-state index in [0.29, 0.717) is 12.5 Å². The third-order valence-electron chi connectivity index (χ3n) is 3.44. The van der Waals surface area contributed by atoms with Gasteiger partial charge in [-0.25, -0.2) is 4.99 Å². The molecule has 0 saturated carbocycles. The van der Waals surface area contributed by atoms with E-state index in [0.717, 1.165) is 42.5 Å². The van der Waals surface area contributed by atoms with Gasteiger partial charge in [0, 0.05) is 18.7 Å². The van der Waals surface area contributed by atoms with Crippen LogP contribution >= 0.6 is 24.0 Å². The monoisotopic (exact) mass is 414 g/mol. The van der Waals surface area contributed by atoms with Crippen molar-refractivity contribution < 1.29 is 4.74 Å². The lowest BCUT2D eigenvalue weighted by Crippen LogP contribution is -2.22. The molecule has 3 N–H and O–H groups in total. The topological polar surface area (TPSA) is 90.3 Å². The van der Waals surface area contributed by atoms with Gasteiger partial charge >= 0.3 is 0 Å². The van der Waals surface area contributed by atoms with Gasteiger partial charge in [0.15, 0.2) is 11.8 Å². The number of ether oxygens (including phenoxy) is 1. The Labute approximate surface area is 146 Å². The highest BCUT2D eigenvalue weighted by atomic mass is 127. The molecule has 0 bridgehead atoms. The molecule has 0 aliphatic carbocycles. The molecule has 0 fully saturated rings. The highest BCUT2D eigenvalue weighted by Gasteiger charge is 2.16. The fraction of sp³-hybridized carbons (Fsp3) is 0.357. The van der Waals surface area contributed by atoms with Crippen LogP contribution in [-0.2, 0) is 19.5 Å². The third kappa shape index (κ3) is 3.67. The lowest BCUT2D eigenvalue weighted by atomic mass is 10.3. The van der Waals surface area contributed by atoms with Crippen LogP contribution in [0.4, 0.5) is 5.69 Å². The van der Waals surface area contributed by atoms with Crippen molar-refractivity contribution in [3.8, 4) is 5.75 Å². The summed E-state index contributed by atoms with van der Waals surface area (Å²) in [7, 11) is 1.63. The standard InChI is InChI=1S/C14H18N6O.HI/c1-21-11-6-4-10(5-7-11)17-14(15)16-9-13-19-18-12-3-2-8-20(12)13;/h4-7H,2-3,8-9H2,1H3,(H3,15,16,17);1H. The molecule has 118 valence electrons. The number of nitrogens with two attached hydrogens (primary N) is 1. The van der Waals surface area contributed by atoms with Gasteiger partial charge in [-0.05, 0) is 30.7 Å². The number of guanidine groups is 1. The molecule has 1 aliphatic heterocycles. The maximum atomic E-state index is 5.89. The van der Waals surface area contributed by atoms with Crippen LogP contribution in [0, 0.1) is 0 Å². The Hall–Kier alpha value is -1.84. The number of rotatable bonds is 4. The van der Waals surface area contributed by atoms with E-state index in [1.807, 2.05) is 24.3 Å². The molecule has 2 heterocycles. The Kier molecular flexibility index (Phi) is 5.58. The van der Waals surface area contributed by atoms with Gasteiger partial charge in [-0.1, -0.05) is 0 Å². The minimum Gasteiger partial charge on any atom is -0.497 e. The molecule has 1 aliphatic rings. The first-order chi connectivity index (χ1) is 10.3. The number of aromatic nitrogens is 3. The van der Waals surface area contributed by atoms with Gasteiger partial charge in [0.1, 0.15) is 18.1 Å². The Bertz CT molecular complexity index is 652. The fourth-order valence-corrected chi connectivity index (χ4v) is 2.35. The second-order valence-corrected chi connectivity index (χ2v) is 4.84. The number of halogens is 1. The second-order valence-electron chi connectivity index (χ2n) is 4.84. The van der Waals surface area contributed by atoms with Gasteiger partial charge in [0.2, 0.25) is 0 Å². The van der Waals surface area contributed by atoms with Gasteiger partial charge < -0.3 is 20.4 Å². The minimum absolute atomic E-state index is 0. The summed E-state index contributed by atoms with van der Waals surface area (Å²) < 4.78 is 7.22. The molecule has 2 aromatic rings. The summed E-state index contributed by atoms with van der Waals surface area (Å²) in [5.41, 5.74) is 6.75. The average molecular weight is 414 g/mol. The van der Waals surface area contributed by atoms with Gasteiger partial charge in [-0.15, -0.1) is 34.2 Å². The lowest BCUT2D eigenvalue weighted by molar-refractivity contribution is 0.415. The van der Waals surface area contributed by atoms with Gasteiger partial charge in [-0.2, -0.15) is 0 Å². The Balaban J connectivity index is 0.00000176. The quantitative estimate of drug-likeness (QED) is 0.452. The van der Waals surface area contributed by atoms with Crippen LogP contribution in [0.15, 0.2) is 29.3 Å². The van der Waals surface area contributed by atoms with Crippen LogP contribution in [0.25, 0.3) is 0 Å². The van der Waals surface area contributed by atoms with Crippen molar-refractivity contribution in [1.29, 1.82) is 0 Å². The number of hydrogen-bond acceptors (Lipinski definition) is 4. The predicted octanol–water partition coefficient (Wildman–Crippen LogP) is 1.78. The van der Waals surface area contributed by atoms with Crippen molar-refractivity contribution >= 4 is 35.6 Å². The summed E-state index contributed by atoms with van der Waals surface area (Å²) in [5, 5.41) is 11.3. The Morgan fingerprint density at radius 1 is 1.36 bits per heavy atom. The number of anilines is 1. The molecule has 0 saturated heterocycles. The number of aryl methyl sites for hydroxylation is 1. The van der Waals surface area contributed by atoms with E-state index < -0.39 is 0 Å². The number of nitrogens with zero attached hydrogens (tertiary/aromatic N) is 4. The predicted molar refractivity (Wildman–Crippen MR) is 95.7 cm³/mol. The van der Waals surface area contributed by atoms with E-state index in [4.69, 9.17) is 10.5 Å². The summed E-state index contributed by atoms with van der Waals surface area (Å²) in [4.78, 5) is 4.31. The Morgan fingerprint density at radius 2 is 2.14 bits per heavy atom. The van der Waals surface area contributed by atoms with Crippen molar-refractivity contribution in [2.75, 3.05) is 12.4 Å². The number of hydrogen-bond donors (Lipinski definition) is 2. The molecule has 3 rings (SSSR count). The first kappa shape index (κ1) is 16.5. The average Bonchev–Trinajstić information content (AvgIpc) is 3.09. The number of aliphatic imine (C=N–C) groups is 1. The molecule has 0 amide bonds. The molecule has 7 nitrogen and oxygen atoms in total. The molecule has 0 radical (unpaired) electrons. The van der Waals surface area contributed by atoms with Gasteiger partial charge in [-0.3, -0.25) is 0 Å². The van der Waals surface area contributed by atoms with Crippen LogP contribution in [-0.4, -0.2) is 27.8 Å². The van der Waals surface area contributed by atoms with E-state index in [1.54, 1.807) is 7.11 Å². The number of nitrogens with one attached hydrogen (secondary N) is 1. The first-order valence-electron chi connectivity index (χ1n) is 6.88. The lowest BCUT2D eigenvalue weighted by Gasteiger charge is -2.06. The molecule has 0 atom stereocenters. The van der Waals surface area contributed by atoms with E-state index in [-0.39, 0.29) is 24.0 Å². The maximum Gasteiger partial charge on any atom is 0.193 e. The fourth-order valence-electron chi connectivity index (χ4n) is 2.35. The van der Waals surface area contributed by atoms with Crippen LogP contribution < -0.4 is 15.8 Å². The van der Waals surface area contributed by atoms with E-state index >= 15 is 0 Å². The van der Waals surface area contributed by atoms with Crippen LogP contribution in [0.2, 0.25) is 0 Å². The summed E-state index contributed by atoms with van der Waals surface area (Å²) in [5.74, 6) is 3.06. The van der Waals surface area contributed by atoms with Gasteiger partial charge in [0.25, 0.3) is 0 Å². The van der Waals surface area contributed by atoms with Crippen LogP contribution in [0.3, 0.4) is 0 Å². The van der Waals surface area contributed by atoms with E-state index in [9.17, 15) is 0 Å². The molecule has 0 spiro atoms. The molecule has 0 unspecified atom stereocenters. The molecule has 22 heavy (non-hydrogen) atoms. The summed E-state index contributed by atoms with van der Waals surface area (Å²) in [6.07, 6.45) is 2.12. The zero-order valence-electron chi connectivity index (χ0n) is 12.3. The molecular weight excluding hydrogens is 395 g/mol. The molecule has 8 heteroatoms. The third-order valence-corrected chi connectivity index (χ3v) is 3.44. The van der Waals surface area contributed by atoms with Gasteiger partial charge in [0.05, 0.1) is 7.11 Å². The first-order valence-corrected chi connectivity index (χ1v) is 6.88. The second kappa shape index (κ2) is 7.43. The number of methoxy groups -OCH3 is 1. The minimum atomic E-state index is 0.